The number of amides is 3. The Morgan fingerprint density at radius 3 is 2.07 bits per heavy atom. The van der Waals surface area contributed by atoms with Crippen molar-refractivity contribution in [2.24, 2.45) is 11.8 Å². The number of rotatable bonds is 13. The van der Waals surface area contributed by atoms with Crippen molar-refractivity contribution in [3.05, 3.63) is 90.5 Å². The Balaban J connectivity index is 1.12. The van der Waals surface area contributed by atoms with Gasteiger partial charge in [0.15, 0.2) is 0 Å². The van der Waals surface area contributed by atoms with Gasteiger partial charge in [0.05, 0.1) is 34.5 Å². The van der Waals surface area contributed by atoms with E-state index in [1.165, 1.54) is 77.0 Å². The van der Waals surface area contributed by atoms with Gasteiger partial charge in [-0.25, -0.2) is 9.59 Å². The SMILES string of the molecule is C[C@@H](O)[C@H]1C(=O)N2C(C(=O)O)=C(S[C@H]3C[C@@H](C(=O)N4CCCN(CC(=O)OCc5ccc([N+](=O)[O-])cc5)CC4)N(C(=O)OCc4ccc([N+](=O)[O-])cc4)C3)[C@H](C)[C@H]12. The molecule has 0 aliphatic carbocycles. The zero-order valence-electron chi connectivity index (χ0n) is 31.1. The number of esters is 1. The smallest absolute Gasteiger partial charge is 0.410 e. The summed E-state index contributed by atoms with van der Waals surface area (Å²) >= 11 is 1.20. The molecule has 3 amide bonds. The average molecular weight is 811 g/mol. The molecule has 57 heavy (non-hydrogen) atoms. The number of benzene rings is 2. The summed E-state index contributed by atoms with van der Waals surface area (Å²) in [5.74, 6) is -3.80. The number of aliphatic hydroxyl groups is 1. The number of non-ortho nitro benzene ring substituents is 2. The van der Waals surface area contributed by atoms with E-state index in [0.29, 0.717) is 42.1 Å². The van der Waals surface area contributed by atoms with Gasteiger partial charge < -0.3 is 29.5 Å². The predicted molar refractivity (Wildman–Crippen MR) is 200 cm³/mol. The molecule has 6 atom stereocenters. The summed E-state index contributed by atoms with van der Waals surface area (Å²) in [6.45, 7) is 4.34. The Kier molecular flexibility index (Phi) is 12.4. The van der Waals surface area contributed by atoms with Crippen molar-refractivity contribution in [3.63, 3.8) is 0 Å². The lowest BCUT2D eigenvalue weighted by Gasteiger charge is -2.46. The van der Waals surface area contributed by atoms with Gasteiger partial charge in [-0.3, -0.25) is 44.4 Å². The zero-order valence-corrected chi connectivity index (χ0v) is 31.9. The molecule has 304 valence electrons. The molecule has 4 aliphatic rings. The molecule has 0 bridgehead atoms. The number of fused-ring (bicyclic) bond motifs is 1. The van der Waals surface area contributed by atoms with Crippen LogP contribution in [0.1, 0.15) is 37.8 Å². The number of β-lactam (4-membered cyclic amide) rings is 1. The van der Waals surface area contributed by atoms with E-state index >= 15 is 0 Å². The highest BCUT2D eigenvalue weighted by Gasteiger charge is 2.60. The third kappa shape index (κ3) is 8.87. The molecule has 2 N–H and O–H groups in total. The number of hydrogen-bond acceptors (Lipinski definition) is 14. The quantitative estimate of drug-likeness (QED) is 0.128. The fourth-order valence-electron chi connectivity index (χ4n) is 7.78. The minimum Gasteiger partial charge on any atom is -0.477 e. The second kappa shape index (κ2) is 17.3. The number of carbonyl (C=O) groups excluding carboxylic acids is 4. The molecule has 2 aromatic carbocycles. The number of nitro groups is 2. The van der Waals surface area contributed by atoms with Gasteiger partial charge in [-0.1, -0.05) is 6.92 Å². The van der Waals surface area contributed by atoms with Crippen LogP contribution in [0.2, 0.25) is 0 Å². The van der Waals surface area contributed by atoms with Crippen molar-refractivity contribution in [1.29, 1.82) is 0 Å². The molecule has 0 radical (unpaired) electrons. The van der Waals surface area contributed by atoms with Gasteiger partial charge in [-0.2, -0.15) is 0 Å². The summed E-state index contributed by atoms with van der Waals surface area (Å²) < 4.78 is 11.0. The van der Waals surface area contributed by atoms with Crippen LogP contribution in [0.15, 0.2) is 59.1 Å². The number of nitrogens with zero attached hydrogens (tertiary/aromatic N) is 6. The molecule has 19 nitrogen and oxygen atoms in total. The van der Waals surface area contributed by atoms with Crippen molar-refractivity contribution >= 4 is 53.0 Å². The first-order chi connectivity index (χ1) is 27.1. The van der Waals surface area contributed by atoms with Gasteiger partial charge in [0, 0.05) is 73.1 Å². The van der Waals surface area contributed by atoms with Crippen molar-refractivity contribution in [2.75, 3.05) is 39.3 Å². The third-order valence-corrected chi connectivity index (χ3v) is 12.2. The second-order valence-electron chi connectivity index (χ2n) is 14.4. The summed E-state index contributed by atoms with van der Waals surface area (Å²) in [6, 6.07) is 9.62. The van der Waals surface area contributed by atoms with Crippen LogP contribution in [0.5, 0.6) is 0 Å². The molecule has 6 rings (SSSR count). The number of carboxylic acid groups (broad SMARTS) is 1. The Morgan fingerprint density at radius 1 is 0.912 bits per heavy atom. The first kappa shape index (κ1) is 41.0. The molecule has 3 saturated heterocycles. The number of nitro benzene ring substituents is 2. The van der Waals surface area contributed by atoms with E-state index in [2.05, 4.69) is 0 Å². The lowest BCUT2D eigenvalue weighted by atomic mass is 9.79. The lowest BCUT2D eigenvalue weighted by molar-refractivity contribution is -0.385. The molecular weight excluding hydrogens is 769 g/mol. The summed E-state index contributed by atoms with van der Waals surface area (Å²) in [6.07, 6.45) is -1.12. The second-order valence-corrected chi connectivity index (χ2v) is 15.8. The molecule has 2 aromatic rings. The van der Waals surface area contributed by atoms with Crippen LogP contribution in [0.4, 0.5) is 16.2 Å². The van der Waals surface area contributed by atoms with Gasteiger partial charge in [0.25, 0.3) is 11.4 Å². The number of likely N-dealkylation sites (tertiary alicyclic amines) is 1. The van der Waals surface area contributed by atoms with E-state index in [-0.39, 0.29) is 62.2 Å². The Bertz CT molecular complexity index is 1960. The van der Waals surface area contributed by atoms with E-state index in [1.807, 2.05) is 4.90 Å². The van der Waals surface area contributed by atoms with E-state index in [4.69, 9.17) is 9.47 Å². The maximum atomic E-state index is 14.3. The summed E-state index contributed by atoms with van der Waals surface area (Å²) in [5.41, 5.74) is 0.697. The summed E-state index contributed by atoms with van der Waals surface area (Å²) in [7, 11) is 0. The number of carboxylic acids is 1. The number of hydrogen-bond donors (Lipinski definition) is 2. The molecule has 3 fully saturated rings. The number of carbonyl (C=O) groups is 5. The average Bonchev–Trinajstić information content (AvgIpc) is 3.60. The van der Waals surface area contributed by atoms with Crippen molar-refractivity contribution in [1.82, 2.24) is 19.6 Å². The molecule has 0 aromatic heterocycles. The molecule has 4 heterocycles. The third-order valence-electron chi connectivity index (χ3n) is 10.7. The first-order valence-electron chi connectivity index (χ1n) is 18.4. The molecule has 0 saturated carbocycles. The highest BCUT2D eigenvalue weighted by Crippen LogP contribution is 2.52. The van der Waals surface area contributed by atoms with Crippen LogP contribution >= 0.6 is 11.8 Å². The molecule has 0 unspecified atom stereocenters. The monoisotopic (exact) mass is 810 g/mol. The Morgan fingerprint density at radius 2 is 1.51 bits per heavy atom. The van der Waals surface area contributed by atoms with Crippen molar-refractivity contribution < 1.29 is 53.5 Å². The maximum absolute atomic E-state index is 14.3. The van der Waals surface area contributed by atoms with E-state index in [9.17, 15) is 54.4 Å². The predicted octanol–water partition coefficient (Wildman–Crippen LogP) is 2.75. The fourth-order valence-corrected chi connectivity index (χ4v) is 9.31. The topological polar surface area (TPSA) is 244 Å². The molecule has 4 aliphatic heterocycles. The highest BCUT2D eigenvalue weighted by molar-refractivity contribution is 8.03. The van der Waals surface area contributed by atoms with Crippen LogP contribution in [-0.2, 0) is 41.9 Å². The van der Waals surface area contributed by atoms with Crippen molar-refractivity contribution in [3.8, 4) is 0 Å². The normalized spacial score (nSPS) is 24.0. The first-order valence-corrected chi connectivity index (χ1v) is 19.2. The molecular formula is C37H42N6O13S. The minimum absolute atomic E-state index is 0.0162. The van der Waals surface area contributed by atoms with Gasteiger partial charge >= 0.3 is 18.0 Å². The van der Waals surface area contributed by atoms with Crippen LogP contribution in [0.3, 0.4) is 0 Å². The number of ether oxygens (including phenoxy) is 2. The standard InChI is InChI=1S/C37H42N6O13S/c1-21-31-30(22(2)44)35(47)41(31)32(36(48)49)33(21)57-27-16-28(40(17-27)37(50)56-20-24-6-10-26(11-7-24)43(53)54)34(46)39-13-3-12-38(14-15-39)18-29(45)55-19-23-4-8-25(9-5-23)42(51)52/h4-11,21-22,27-28,30-31,44H,3,12-20H2,1-2H3,(H,48,49)/t21-,22-,27+,28+,30-,31-/m1/s1. The zero-order chi connectivity index (χ0) is 41.1. The van der Waals surface area contributed by atoms with E-state index < -0.39 is 69.1 Å². The number of thioether (sulfide) groups is 1. The van der Waals surface area contributed by atoms with Crippen molar-refractivity contribution in [2.45, 2.75) is 63.3 Å². The van der Waals surface area contributed by atoms with Crippen LogP contribution in [0.25, 0.3) is 0 Å². The summed E-state index contributed by atoms with van der Waals surface area (Å²) in [4.78, 5) is 93.3. The minimum atomic E-state index is -1.29. The maximum Gasteiger partial charge on any atom is 0.410 e. The molecule has 0 spiro atoms. The Labute approximate surface area is 330 Å². The molecule has 20 heteroatoms. The van der Waals surface area contributed by atoms with E-state index in [1.54, 1.807) is 11.8 Å². The highest BCUT2D eigenvalue weighted by atomic mass is 32.2. The van der Waals surface area contributed by atoms with Gasteiger partial charge in [0.1, 0.15) is 25.0 Å². The van der Waals surface area contributed by atoms with Gasteiger partial charge in [0.2, 0.25) is 11.8 Å². The Hall–Kier alpha value is -5.60. The van der Waals surface area contributed by atoms with Crippen LogP contribution in [-0.4, -0.2) is 132 Å². The van der Waals surface area contributed by atoms with Gasteiger partial charge in [-0.05, 0) is 55.2 Å². The van der Waals surface area contributed by atoms with E-state index in [0.717, 1.165) is 0 Å². The van der Waals surface area contributed by atoms with Crippen LogP contribution in [0, 0.1) is 32.1 Å². The van der Waals surface area contributed by atoms with Crippen LogP contribution < -0.4 is 0 Å². The lowest BCUT2D eigenvalue weighted by Crippen LogP contribution is -2.63. The fraction of sp³-hybridized carbons (Fsp3) is 0.486. The number of aliphatic carboxylic acids is 1. The summed E-state index contributed by atoms with van der Waals surface area (Å²) in [5, 5.41) is 41.9. The number of aliphatic hydroxyl groups excluding tert-OH is 1. The van der Waals surface area contributed by atoms with Gasteiger partial charge in [-0.15, -0.1) is 11.8 Å². The largest absolute Gasteiger partial charge is 0.477 e.